The van der Waals surface area contributed by atoms with Crippen LogP contribution in [0.25, 0.3) is 0 Å². The van der Waals surface area contributed by atoms with Gasteiger partial charge >= 0.3 is 10.3 Å². The van der Waals surface area contributed by atoms with Gasteiger partial charge in [0, 0.05) is 0 Å². The average Bonchev–Trinajstić information content (AvgIpc) is 1.59. The molecule has 0 aromatic rings. The Hall–Kier alpha value is 0.330. The third kappa shape index (κ3) is 8.33. The predicted octanol–water partition coefficient (Wildman–Crippen LogP) is -0.836. The van der Waals surface area contributed by atoms with Gasteiger partial charge in [0.2, 0.25) is 10.1 Å². The van der Waals surface area contributed by atoms with E-state index < -0.39 is 20.4 Å². The van der Waals surface area contributed by atoms with Gasteiger partial charge < -0.3 is 0 Å². The maximum absolute atomic E-state index is 9.71. The van der Waals surface area contributed by atoms with Gasteiger partial charge in [-0.3, -0.25) is 9.11 Å². The quantitative estimate of drug-likeness (QED) is 0.234. The van der Waals surface area contributed by atoms with Crippen LogP contribution in [0.5, 0.6) is 0 Å². The van der Waals surface area contributed by atoms with Crippen molar-refractivity contribution in [3.63, 3.8) is 0 Å². The fourth-order valence-electron chi connectivity index (χ4n) is 0.0721. The van der Waals surface area contributed by atoms with Crippen LogP contribution in [0.3, 0.4) is 0 Å². The highest BCUT2D eigenvalue weighted by Gasteiger charge is 2.04. The maximum atomic E-state index is 9.71. The van der Waals surface area contributed by atoms with Gasteiger partial charge in [0.25, 0.3) is 0 Å². The third-order valence-corrected chi connectivity index (χ3v) is 2.51. The zero-order chi connectivity index (χ0) is 7.49. The zero-order valence-electron chi connectivity index (χ0n) is 3.84. The molecule has 1 unspecified atom stereocenters. The van der Waals surface area contributed by atoms with Crippen molar-refractivity contribution in [2.45, 2.75) is 0 Å². The van der Waals surface area contributed by atoms with E-state index in [0.717, 1.165) is 0 Å². The fraction of sp³-hybridized carbons (Fsp3) is 0. The van der Waals surface area contributed by atoms with Crippen molar-refractivity contribution < 1.29 is 21.7 Å². The molecule has 0 spiro atoms. The van der Waals surface area contributed by atoms with Crippen molar-refractivity contribution in [2.75, 3.05) is 0 Å². The molecule has 6 nitrogen and oxygen atoms in total. The molecule has 1 atom stereocenters. The summed E-state index contributed by atoms with van der Waals surface area (Å²) in [5, 5.41) is 0. The molecular formula is H3NO5S3. The second kappa shape index (κ2) is 3.49. The van der Waals surface area contributed by atoms with Crippen LogP contribution < -0.4 is 4.13 Å². The van der Waals surface area contributed by atoms with Crippen molar-refractivity contribution in [1.82, 2.24) is 4.13 Å². The minimum absolute atomic E-state index is 0.0220. The van der Waals surface area contributed by atoms with Crippen LogP contribution in [-0.2, 0) is 20.4 Å². The van der Waals surface area contributed by atoms with Gasteiger partial charge in [0.05, 0.1) is 11.0 Å². The van der Waals surface area contributed by atoms with E-state index in [2.05, 4.69) is 0 Å². The molecule has 3 N–H and O–H groups in total. The van der Waals surface area contributed by atoms with Crippen molar-refractivity contribution in [1.29, 1.82) is 0 Å². The van der Waals surface area contributed by atoms with Crippen LogP contribution in [0.1, 0.15) is 0 Å². The predicted molar refractivity (Wildman–Crippen MR) is 33.0 cm³/mol. The van der Waals surface area contributed by atoms with Crippen LogP contribution >= 0.6 is 11.0 Å². The van der Waals surface area contributed by atoms with Crippen molar-refractivity contribution in [3.05, 3.63) is 0 Å². The second-order valence-corrected chi connectivity index (χ2v) is 4.43. The highest BCUT2D eigenvalue weighted by atomic mass is 33.1. The molecule has 0 aromatic carbocycles. The summed E-state index contributed by atoms with van der Waals surface area (Å²) in [7, 11) is -6.73. The van der Waals surface area contributed by atoms with Crippen molar-refractivity contribution >= 4 is 31.4 Å². The average molecular weight is 193 g/mol. The zero-order valence-corrected chi connectivity index (χ0v) is 6.29. The SMILES string of the molecule is O=S(O)SNS(=O)(=O)O. The normalized spacial score (nSPS) is 15.3. The fourth-order valence-corrected chi connectivity index (χ4v) is 1.95. The summed E-state index contributed by atoms with van der Waals surface area (Å²) in [5.74, 6) is 0. The minimum atomic E-state index is -4.36. The summed E-state index contributed by atoms with van der Waals surface area (Å²) in [6.07, 6.45) is 0. The molecule has 0 radical (unpaired) electrons. The first kappa shape index (κ1) is 9.33. The molecule has 0 saturated carbocycles. The molecule has 56 valence electrons. The lowest BCUT2D eigenvalue weighted by Crippen LogP contribution is -2.15. The maximum Gasteiger partial charge on any atom is 0.343 e. The van der Waals surface area contributed by atoms with E-state index in [0.29, 0.717) is 0 Å². The van der Waals surface area contributed by atoms with E-state index in [1.165, 1.54) is 4.13 Å². The first-order chi connectivity index (χ1) is 3.92. The molecule has 0 aliphatic heterocycles. The molecule has 0 heterocycles. The van der Waals surface area contributed by atoms with E-state index in [1.54, 1.807) is 0 Å². The van der Waals surface area contributed by atoms with Gasteiger partial charge in [-0.2, -0.15) is 8.42 Å². The summed E-state index contributed by atoms with van der Waals surface area (Å²) in [4.78, 5) is 0. The molecule has 0 bridgehead atoms. The summed E-state index contributed by atoms with van der Waals surface area (Å²) in [5.41, 5.74) is 0. The lowest BCUT2D eigenvalue weighted by Gasteiger charge is -1.91. The molecule has 0 aromatic heterocycles. The first-order valence-electron chi connectivity index (χ1n) is 1.44. The lowest BCUT2D eigenvalue weighted by atomic mass is 13.9. The van der Waals surface area contributed by atoms with E-state index in [-0.39, 0.29) is 11.0 Å². The van der Waals surface area contributed by atoms with E-state index >= 15 is 0 Å². The van der Waals surface area contributed by atoms with Crippen molar-refractivity contribution in [2.24, 2.45) is 0 Å². The molecule has 9 heteroatoms. The Kier molecular flexibility index (Phi) is 3.61. The van der Waals surface area contributed by atoms with Crippen LogP contribution in [0.2, 0.25) is 0 Å². The monoisotopic (exact) mass is 193 g/mol. The van der Waals surface area contributed by atoms with Crippen LogP contribution in [0, 0.1) is 0 Å². The van der Waals surface area contributed by atoms with Gasteiger partial charge in [0.15, 0.2) is 0 Å². The Morgan fingerprint density at radius 2 is 2.00 bits per heavy atom. The van der Waals surface area contributed by atoms with Crippen LogP contribution in [0.4, 0.5) is 0 Å². The molecule has 0 saturated heterocycles. The van der Waals surface area contributed by atoms with Gasteiger partial charge in [0.1, 0.15) is 0 Å². The van der Waals surface area contributed by atoms with E-state index in [4.69, 9.17) is 9.11 Å². The summed E-state index contributed by atoms with van der Waals surface area (Å²) >= 11 is 0. The smallest absolute Gasteiger partial charge is 0.297 e. The molecule has 0 amide bonds. The van der Waals surface area contributed by atoms with Crippen LogP contribution in [-0.4, -0.2) is 21.7 Å². The summed E-state index contributed by atoms with van der Waals surface area (Å²) in [6, 6.07) is 0. The highest BCUT2D eigenvalue weighted by Crippen LogP contribution is 1.98. The Bertz CT molecular complexity index is 190. The highest BCUT2D eigenvalue weighted by molar-refractivity contribution is 8.67. The Balaban J connectivity index is 3.67. The Labute approximate surface area is 57.7 Å². The van der Waals surface area contributed by atoms with Gasteiger partial charge in [-0.1, -0.05) is 0 Å². The van der Waals surface area contributed by atoms with E-state index in [1.807, 2.05) is 0 Å². The molecule has 0 aliphatic rings. The van der Waals surface area contributed by atoms with Gasteiger partial charge in [-0.05, 0) is 0 Å². The van der Waals surface area contributed by atoms with E-state index in [9.17, 15) is 12.6 Å². The van der Waals surface area contributed by atoms with Crippen LogP contribution in [0.15, 0.2) is 0 Å². The standard InChI is InChI=1S/H3NO5S3/c2-8(3)7-1-9(4,5)6/h1H,(H,2,3)(H,4,5,6). The topological polar surface area (TPSA) is 104 Å². The van der Waals surface area contributed by atoms with Gasteiger partial charge in [-0.25, -0.2) is 4.21 Å². The number of hydrogen-bond acceptors (Lipinski definition) is 4. The number of hydrogen-bond donors (Lipinski definition) is 3. The molecule has 0 fully saturated rings. The molecule has 9 heavy (non-hydrogen) atoms. The lowest BCUT2D eigenvalue weighted by molar-refractivity contribution is 0.480. The third-order valence-electron chi connectivity index (χ3n) is 0.211. The molecule has 0 aliphatic carbocycles. The first-order valence-corrected chi connectivity index (χ1v) is 5.32. The number of nitrogens with one attached hydrogen (secondary N) is 1. The Morgan fingerprint density at radius 1 is 1.56 bits per heavy atom. The largest absolute Gasteiger partial charge is 0.343 e. The number of rotatable bonds is 3. The van der Waals surface area contributed by atoms with Crippen molar-refractivity contribution in [3.8, 4) is 0 Å². The van der Waals surface area contributed by atoms with Gasteiger partial charge in [-0.15, -0.1) is 4.13 Å². The minimum Gasteiger partial charge on any atom is -0.297 e. The Morgan fingerprint density at radius 3 is 2.11 bits per heavy atom. The summed E-state index contributed by atoms with van der Waals surface area (Å²) < 4.78 is 46.2. The molecule has 0 rings (SSSR count). The molecular weight excluding hydrogens is 190 g/mol. The second-order valence-electron chi connectivity index (χ2n) is 0.859. The summed E-state index contributed by atoms with van der Waals surface area (Å²) in [6.45, 7) is 0.